The van der Waals surface area contributed by atoms with Crippen molar-refractivity contribution in [2.24, 2.45) is 0 Å². The van der Waals surface area contributed by atoms with Crippen molar-refractivity contribution in [2.45, 2.75) is 34.2 Å². The van der Waals surface area contributed by atoms with Crippen molar-refractivity contribution in [3.8, 4) is 5.69 Å². The maximum absolute atomic E-state index is 12.3. The SMILES string of the molecule is C=C(C)Cn1cc(C)c(=O)n1-c1ccc(C)cc1C. The van der Waals surface area contributed by atoms with Gasteiger partial charge in [0.25, 0.3) is 5.56 Å². The lowest BCUT2D eigenvalue weighted by atomic mass is 10.1. The van der Waals surface area contributed by atoms with Gasteiger partial charge in [-0.3, -0.25) is 9.48 Å². The highest BCUT2D eigenvalue weighted by atomic mass is 16.1. The Balaban J connectivity index is 2.66. The van der Waals surface area contributed by atoms with Crippen molar-refractivity contribution in [3.63, 3.8) is 0 Å². The largest absolute Gasteiger partial charge is 0.281 e. The molecule has 19 heavy (non-hydrogen) atoms. The van der Waals surface area contributed by atoms with Crippen molar-refractivity contribution in [1.82, 2.24) is 9.36 Å². The standard InChI is InChI=1S/C16H20N2O/c1-11(2)9-17-10-14(5)16(19)18(17)15-7-6-12(3)8-13(15)4/h6-8,10H,1,9H2,2-5H3. The fourth-order valence-corrected chi connectivity index (χ4v) is 2.30. The third-order valence-electron chi connectivity index (χ3n) is 3.14. The first kappa shape index (κ1) is 13.4. The summed E-state index contributed by atoms with van der Waals surface area (Å²) in [7, 11) is 0. The zero-order valence-electron chi connectivity index (χ0n) is 12.0. The average molecular weight is 256 g/mol. The second-order valence-corrected chi connectivity index (χ2v) is 5.27. The Labute approximate surface area is 113 Å². The van der Waals surface area contributed by atoms with Gasteiger partial charge in [-0.05, 0) is 39.3 Å². The molecule has 0 atom stereocenters. The minimum absolute atomic E-state index is 0.0354. The molecule has 0 aliphatic carbocycles. The van der Waals surface area contributed by atoms with E-state index in [0.29, 0.717) is 6.54 Å². The van der Waals surface area contributed by atoms with Crippen LogP contribution in [0.15, 0.2) is 41.3 Å². The quantitative estimate of drug-likeness (QED) is 0.775. The van der Waals surface area contributed by atoms with Crippen LogP contribution in [0.2, 0.25) is 0 Å². The zero-order valence-corrected chi connectivity index (χ0v) is 12.0. The number of allylic oxidation sites excluding steroid dienone is 1. The number of aromatic nitrogens is 2. The van der Waals surface area contributed by atoms with E-state index in [9.17, 15) is 4.79 Å². The summed E-state index contributed by atoms with van der Waals surface area (Å²) in [6.45, 7) is 12.5. The van der Waals surface area contributed by atoms with Crippen LogP contribution in [0, 0.1) is 20.8 Å². The molecule has 100 valence electrons. The Morgan fingerprint density at radius 2 is 1.89 bits per heavy atom. The molecular formula is C16H20N2O. The van der Waals surface area contributed by atoms with Crippen LogP contribution in [0.3, 0.4) is 0 Å². The normalized spacial score (nSPS) is 10.7. The van der Waals surface area contributed by atoms with Crippen LogP contribution in [0.4, 0.5) is 0 Å². The second-order valence-electron chi connectivity index (χ2n) is 5.27. The Morgan fingerprint density at radius 3 is 2.47 bits per heavy atom. The van der Waals surface area contributed by atoms with Crippen LogP contribution in [0.25, 0.3) is 5.69 Å². The summed E-state index contributed by atoms with van der Waals surface area (Å²) in [5, 5.41) is 0. The molecule has 0 bridgehead atoms. The van der Waals surface area contributed by atoms with E-state index >= 15 is 0 Å². The zero-order chi connectivity index (χ0) is 14.2. The van der Waals surface area contributed by atoms with E-state index in [2.05, 4.69) is 19.6 Å². The highest BCUT2D eigenvalue weighted by molar-refractivity contribution is 5.42. The van der Waals surface area contributed by atoms with Crippen LogP contribution < -0.4 is 5.56 Å². The van der Waals surface area contributed by atoms with Gasteiger partial charge in [-0.1, -0.05) is 29.8 Å². The van der Waals surface area contributed by atoms with Gasteiger partial charge in [-0.2, -0.15) is 0 Å². The first-order valence-corrected chi connectivity index (χ1v) is 6.41. The molecule has 0 aliphatic rings. The molecule has 3 nitrogen and oxygen atoms in total. The molecule has 0 amide bonds. The summed E-state index contributed by atoms with van der Waals surface area (Å²) in [4.78, 5) is 12.3. The molecule has 0 unspecified atom stereocenters. The number of hydrogen-bond donors (Lipinski definition) is 0. The summed E-state index contributed by atoms with van der Waals surface area (Å²) in [6.07, 6.45) is 1.89. The number of hydrogen-bond acceptors (Lipinski definition) is 1. The molecule has 0 spiro atoms. The molecule has 0 saturated carbocycles. The van der Waals surface area contributed by atoms with E-state index in [-0.39, 0.29) is 5.56 Å². The van der Waals surface area contributed by atoms with Crippen molar-refractivity contribution in [3.05, 3.63) is 63.6 Å². The minimum atomic E-state index is 0.0354. The number of nitrogens with zero attached hydrogens (tertiary/aromatic N) is 2. The maximum Gasteiger partial charge on any atom is 0.274 e. The van der Waals surface area contributed by atoms with E-state index in [1.165, 1.54) is 5.56 Å². The molecule has 0 saturated heterocycles. The highest BCUT2D eigenvalue weighted by Gasteiger charge is 2.12. The molecule has 1 aromatic heterocycles. The van der Waals surface area contributed by atoms with E-state index in [4.69, 9.17) is 0 Å². The molecule has 0 fully saturated rings. The topological polar surface area (TPSA) is 26.9 Å². The number of benzene rings is 1. The Hall–Kier alpha value is -2.03. The van der Waals surface area contributed by atoms with Crippen LogP contribution in [-0.2, 0) is 6.54 Å². The Kier molecular flexibility index (Phi) is 3.47. The van der Waals surface area contributed by atoms with Gasteiger partial charge in [0.2, 0.25) is 0 Å². The molecule has 0 N–H and O–H groups in total. The fraction of sp³-hybridized carbons (Fsp3) is 0.312. The maximum atomic E-state index is 12.3. The van der Waals surface area contributed by atoms with Gasteiger partial charge in [0, 0.05) is 11.8 Å². The van der Waals surface area contributed by atoms with Crippen LogP contribution in [0.1, 0.15) is 23.6 Å². The first-order chi connectivity index (χ1) is 8.90. The van der Waals surface area contributed by atoms with Crippen LogP contribution in [0.5, 0.6) is 0 Å². The van der Waals surface area contributed by atoms with Crippen LogP contribution >= 0.6 is 0 Å². The minimum Gasteiger partial charge on any atom is -0.281 e. The van der Waals surface area contributed by atoms with Crippen molar-refractivity contribution < 1.29 is 0 Å². The monoisotopic (exact) mass is 256 g/mol. The van der Waals surface area contributed by atoms with Gasteiger partial charge in [0.05, 0.1) is 12.2 Å². The predicted molar refractivity (Wildman–Crippen MR) is 79.1 cm³/mol. The van der Waals surface area contributed by atoms with E-state index < -0.39 is 0 Å². The number of rotatable bonds is 3. The Bertz CT molecular complexity index is 689. The van der Waals surface area contributed by atoms with E-state index in [0.717, 1.165) is 22.4 Å². The summed E-state index contributed by atoms with van der Waals surface area (Å²) < 4.78 is 3.66. The summed E-state index contributed by atoms with van der Waals surface area (Å²) >= 11 is 0. The molecule has 1 heterocycles. The molecule has 0 radical (unpaired) electrons. The van der Waals surface area contributed by atoms with Gasteiger partial charge >= 0.3 is 0 Å². The molecule has 1 aromatic carbocycles. The highest BCUT2D eigenvalue weighted by Crippen LogP contribution is 2.15. The smallest absolute Gasteiger partial charge is 0.274 e. The summed E-state index contributed by atoms with van der Waals surface area (Å²) in [6, 6.07) is 6.12. The predicted octanol–water partition coefficient (Wildman–Crippen LogP) is 3.14. The van der Waals surface area contributed by atoms with Crippen LogP contribution in [-0.4, -0.2) is 9.36 Å². The lowest BCUT2D eigenvalue weighted by Crippen LogP contribution is -2.23. The van der Waals surface area contributed by atoms with Crippen molar-refractivity contribution in [2.75, 3.05) is 0 Å². The lowest BCUT2D eigenvalue weighted by molar-refractivity contribution is 0.586. The first-order valence-electron chi connectivity index (χ1n) is 6.41. The van der Waals surface area contributed by atoms with Gasteiger partial charge < -0.3 is 0 Å². The molecule has 0 aliphatic heterocycles. The fourth-order valence-electron chi connectivity index (χ4n) is 2.30. The Morgan fingerprint density at radius 1 is 1.21 bits per heavy atom. The van der Waals surface area contributed by atoms with Crippen molar-refractivity contribution in [1.29, 1.82) is 0 Å². The molecular weight excluding hydrogens is 236 g/mol. The third kappa shape index (κ3) is 2.55. The van der Waals surface area contributed by atoms with E-state index in [1.807, 2.05) is 43.8 Å². The molecule has 2 aromatic rings. The average Bonchev–Trinajstić information content (AvgIpc) is 2.55. The lowest BCUT2D eigenvalue weighted by Gasteiger charge is -2.14. The molecule has 3 heteroatoms. The summed E-state index contributed by atoms with van der Waals surface area (Å²) in [5.74, 6) is 0. The van der Waals surface area contributed by atoms with Crippen molar-refractivity contribution >= 4 is 0 Å². The van der Waals surface area contributed by atoms with Gasteiger partial charge in [-0.15, -0.1) is 0 Å². The second kappa shape index (κ2) is 4.92. The van der Waals surface area contributed by atoms with E-state index in [1.54, 1.807) is 4.68 Å². The molecule has 2 rings (SSSR count). The third-order valence-corrected chi connectivity index (χ3v) is 3.14. The van der Waals surface area contributed by atoms with Gasteiger partial charge in [-0.25, -0.2) is 4.68 Å². The number of aryl methyl sites for hydroxylation is 3. The van der Waals surface area contributed by atoms with Gasteiger partial charge in [0.15, 0.2) is 0 Å². The summed E-state index contributed by atoms with van der Waals surface area (Å²) in [5.41, 5.74) is 5.04. The van der Waals surface area contributed by atoms with Gasteiger partial charge in [0.1, 0.15) is 0 Å².